The van der Waals surface area contributed by atoms with E-state index < -0.39 is 0 Å². The smallest absolute Gasteiger partial charge is 0.230 e. The number of rotatable bonds is 6. The number of hydrogen-bond acceptors (Lipinski definition) is 4. The molecule has 0 aliphatic carbocycles. The van der Waals surface area contributed by atoms with Gasteiger partial charge in [-0.05, 0) is 29.8 Å². The Kier molecular flexibility index (Phi) is 5.06. The van der Waals surface area contributed by atoms with Gasteiger partial charge >= 0.3 is 0 Å². The minimum atomic E-state index is -0.0346. The van der Waals surface area contributed by atoms with Crippen molar-refractivity contribution in [2.45, 2.75) is 18.0 Å². The second-order valence-corrected chi connectivity index (χ2v) is 5.00. The van der Waals surface area contributed by atoms with Gasteiger partial charge in [-0.25, -0.2) is 0 Å². The molecule has 0 atom stereocenters. The number of thioether (sulfide) groups is 1. The monoisotopic (exact) mass is 277 g/mol. The Labute approximate surface area is 115 Å². The largest absolute Gasteiger partial charge is 0.467 e. The SMILES string of the molecule is O=C(CSc1ccc(CO)cc1)NCc1ccco1. The van der Waals surface area contributed by atoms with Crippen molar-refractivity contribution in [3.8, 4) is 0 Å². The fraction of sp³-hybridized carbons (Fsp3) is 0.214. The van der Waals surface area contributed by atoms with E-state index in [1.165, 1.54) is 11.8 Å². The van der Waals surface area contributed by atoms with Gasteiger partial charge in [0, 0.05) is 4.90 Å². The number of nitrogens with one attached hydrogen (secondary N) is 1. The highest BCUT2D eigenvalue weighted by molar-refractivity contribution is 8.00. The number of aliphatic hydroxyl groups excluding tert-OH is 1. The van der Waals surface area contributed by atoms with Crippen LogP contribution in [0.1, 0.15) is 11.3 Å². The fourth-order valence-electron chi connectivity index (χ4n) is 1.49. The topological polar surface area (TPSA) is 62.5 Å². The molecule has 2 rings (SSSR count). The van der Waals surface area contributed by atoms with Gasteiger partial charge < -0.3 is 14.8 Å². The highest BCUT2D eigenvalue weighted by atomic mass is 32.2. The maximum atomic E-state index is 11.6. The molecule has 1 amide bonds. The van der Waals surface area contributed by atoms with Crippen molar-refractivity contribution in [2.24, 2.45) is 0 Å². The third kappa shape index (κ3) is 4.46. The standard InChI is InChI=1S/C14H15NO3S/c16-9-11-3-5-13(6-4-11)19-10-14(17)15-8-12-2-1-7-18-12/h1-7,16H,8-10H2,(H,15,17). The summed E-state index contributed by atoms with van der Waals surface area (Å²) in [6.45, 7) is 0.449. The molecule has 1 aromatic heterocycles. The summed E-state index contributed by atoms with van der Waals surface area (Å²) in [5.41, 5.74) is 0.867. The molecule has 0 aliphatic rings. The lowest BCUT2D eigenvalue weighted by Crippen LogP contribution is -2.24. The Hall–Kier alpha value is -1.72. The van der Waals surface area contributed by atoms with Crippen LogP contribution >= 0.6 is 11.8 Å². The van der Waals surface area contributed by atoms with Gasteiger partial charge in [0.15, 0.2) is 0 Å². The Bertz CT molecular complexity index is 508. The maximum absolute atomic E-state index is 11.6. The van der Waals surface area contributed by atoms with E-state index in [1.54, 1.807) is 12.3 Å². The zero-order chi connectivity index (χ0) is 13.5. The number of carbonyl (C=O) groups is 1. The minimum Gasteiger partial charge on any atom is -0.467 e. The van der Waals surface area contributed by atoms with Crippen LogP contribution in [0.5, 0.6) is 0 Å². The molecule has 0 fully saturated rings. The predicted molar refractivity (Wildman–Crippen MR) is 73.6 cm³/mol. The quantitative estimate of drug-likeness (QED) is 0.794. The van der Waals surface area contributed by atoms with E-state index in [4.69, 9.17) is 9.52 Å². The summed E-state index contributed by atoms with van der Waals surface area (Å²) in [5, 5.41) is 11.7. The van der Waals surface area contributed by atoms with Crippen molar-refractivity contribution in [1.29, 1.82) is 0 Å². The summed E-state index contributed by atoms with van der Waals surface area (Å²) < 4.78 is 5.13. The van der Waals surface area contributed by atoms with Gasteiger partial charge in [0.25, 0.3) is 0 Å². The van der Waals surface area contributed by atoms with Crippen molar-refractivity contribution in [1.82, 2.24) is 5.32 Å². The molecule has 5 heteroatoms. The van der Waals surface area contributed by atoms with Crippen LogP contribution in [0.25, 0.3) is 0 Å². The van der Waals surface area contributed by atoms with Crippen LogP contribution in [0, 0.1) is 0 Å². The highest BCUT2D eigenvalue weighted by Crippen LogP contribution is 2.18. The second-order valence-electron chi connectivity index (χ2n) is 3.95. The van der Waals surface area contributed by atoms with E-state index in [-0.39, 0.29) is 12.5 Å². The average molecular weight is 277 g/mol. The van der Waals surface area contributed by atoms with Crippen LogP contribution in [0.2, 0.25) is 0 Å². The molecular formula is C14H15NO3S. The molecule has 2 N–H and O–H groups in total. The number of aliphatic hydroxyl groups is 1. The van der Waals surface area contributed by atoms with Gasteiger partial charge in [-0.1, -0.05) is 12.1 Å². The van der Waals surface area contributed by atoms with Gasteiger partial charge in [-0.2, -0.15) is 0 Å². The summed E-state index contributed by atoms with van der Waals surface area (Å²) in [5.74, 6) is 1.07. The Balaban J connectivity index is 1.73. The van der Waals surface area contributed by atoms with Crippen molar-refractivity contribution in [3.05, 3.63) is 54.0 Å². The van der Waals surface area contributed by atoms with Crippen LogP contribution < -0.4 is 5.32 Å². The highest BCUT2D eigenvalue weighted by Gasteiger charge is 2.04. The Morgan fingerprint density at radius 2 is 2.05 bits per heavy atom. The van der Waals surface area contributed by atoms with Crippen LogP contribution in [-0.2, 0) is 17.9 Å². The van der Waals surface area contributed by atoms with E-state index in [1.807, 2.05) is 30.3 Å². The molecular weight excluding hydrogens is 262 g/mol. The molecule has 0 saturated heterocycles. The van der Waals surface area contributed by atoms with E-state index in [2.05, 4.69) is 5.32 Å². The minimum absolute atomic E-state index is 0.0346. The normalized spacial score (nSPS) is 10.4. The Morgan fingerprint density at radius 3 is 2.68 bits per heavy atom. The molecule has 0 bridgehead atoms. The van der Waals surface area contributed by atoms with Crippen LogP contribution in [-0.4, -0.2) is 16.8 Å². The number of carbonyl (C=O) groups excluding carboxylic acids is 1. The van der Waals surface area contributed by atoms with Gasteiger partial charge in [0.05, 0.1) is 25.2 Å². The van der Waals surface area contributed by atoms with E-state index in [0.29, 0.717) is 12.3 Å². The molecule has 1 heterocycles. The molecule has 0 unspecified atom stereocenters. The summed E-state index contributed by atoms with van der Waals surface area (Å²) in [7, 11) is 0. The number of benzene rings is 1. The van der Waals surface area contributed by atoms with E-state index in [0.717, 1.165) is 16.2 Å². The Morgan fingerprint density at radius 1 is 1.26 bits per heavy atom. The lowest BCUT2D eigenvalue weighted by atomic mass is 10.2. The van der Waals surface area contributed by atoms with Crippen molar-refractivity contribution in [3.63, 3.8) is 0 Å². The lowest BCUT2D eigenvalue weighted by molar-refractivity contribution is -0.118. The van der Waals surface area contributed by atoms with Gasteiger partial charge in [0.1, 0.15) is 5.76 Å². The number of furan rings is 1. The average Bonchev–Trinajstić information content (AvgIpc) is 2.96. The molecule has 4 nitrogen and oxygen atoms in total. The third-order valence-electron chi connectivity index (χ3n) is 2.52. The second kappa shape index (κ2) is 7.01. The van der Waals surface area contributed by atoms with Gasteiger partial charge in [0.2, 0.25) is 5.91 Å². The number of amides is 1. The molecule has 0 aliphatic heterocycles. The zero-order valence-electron chi connectivity index (χ0n) is 10.3. The van der Waals surface area contributed by atoms with Crippen LogP contribution in [0.4, 0.5) is 0 Å². The molecule has 2 aromatic rings. The first-order valence-electron chi connectivity index (χ1n) is 5.89. The van der Waals surface area contributed by atoms with Crippen molar-refractivity contribution >= 4 is 17.7 Å². The summed E-state index contributed by atoms with van der Waals surface area (Å²) >= 11 is 1.46. The molecule has 0 radical (unpaired) electrons. The van der Waals surface area contributed by atoms with Crippen LogP contribution in [0.3, 0.4) is 0 Å². The summed E-state index contributed by atoms with van der Waals surface area (Å²) in [6, 6.07) is 11.1. The molecule has 0 saturated carbocycles. The first kappa shape index (κ1) is 13.7. The molecule has 19 heavy (non-hydrogen) atoms. The van der Waals surface area contributed by atoms with Crippen molar-refractivity contribution in [2.75, 3.05) is 5.75 Å². The molecule has 1 aromatic carbocycles. The summed E-state index contributed by atoms with van der Waals surface area (Å²) in [6.07, 6.45) is 1.58. The third-order valence-corrected chi connectivity index (χ3v) is 3.53. The number of hydrogen-bond donors (Lipinski definition) is 2. The first-order chi connectivity index (χ1) is 9.28. The van der Waals surface area contributed by atoms with Crippen molar-refractivity contribution < 1.29 is 14.3 Å². The summed E-state index contributed by atoms with van der Waals surface area (Å²) in [4.78, 5) is 12.6. The molecule has 100 valence electrons. The van der Waals surface area contributed by atoms with E-state index >= 15 is 0 Å². The molecule has 0 spiro atoms. The van der Waals surface area contributed by atoms with Gasteiger partial charge in [-0.3, -0.25) is 4.79 Å². The maximum Gasteiger partial charge on any atom is 0.230 e. The van der Waals surface area contributed by atoms with Gasteiger partial charge in [-0.15, -0.1) is 11.8 Å². The fourth-order valence-corrected chi connectivity index (χ4v) is 2.22. The lowest BCUT2D eigenvalue weighted by Gasteiger charge is -2.04. The predicted octanol–water partition coefficient (Wildman–Crippen LogP) is 2.18. The van der Waals surface area contributed by atoms with E-state index in [9.17, 15) is 4.79 Å². The van der Waals surface area contributed by atoms with Crippen LogP contribution in [0.15, 0.2) is 52.0 Å². The zero-order valence-corrected chi connectivity index (χ0v) is 11.2. The first-order valence-corrected chi connectivity index (χ1v) is 6.88.